The molecule has 2 heterocycles. The second-order valence-corrected chi connectivity index (χ2v) is 7.60. The Morgan fingerprint density at radius 2 is 2.09 bits per heavy atom. The molecule has 0 atom stereocenters. The number of ketones is 1. The molecule has 1 aliphatic rings. The third-order valence-corrected chi connectivity index (χ3v) is 4.64. The van der Waals surface area contributed by atoms with Gasteiger partial charge in [0, 0.05) is 18.2 Å². The summed E-state index contributed by atoms with van der Waals surface area (Å²) in [6.45, 7) is 6.68. The Balaban J connectivity index is 1.73. The number of fused-ring (bicyclic) bond motifs is 1. The van der Waals surface area contributed by atoms with Gasteiger partial charge in [0.05, 0.1) is 11.8 Å². The van der Waals surface area contributed by atoms with E-state index in [1.807, 2.05) is 20.8 Å². The van der Waals surface area contributed by atoms with E-state index < -0.39 is 5.41 Å². The summed E-state index contributed by atoms with van der Waals surface area (Å²) >= 11 is 0. The lowest BCUT2D eigenvalue weighted by molar-refractivity contribution is 0.0860. The van der Waals surface area contributed by atoms with Crippen LogP contribution in [-0.2, 0) is 0 Å². The van der Waals surface area contributed by atoms with Crippen molar-refractivity contribution in [2.24, 2.45) is 11.3 Å². The van der Waals surface area contributed by atoms with Gasteiger partial charge in [-0.2, -0.15) is 0 Å². The summed E-state index contributed by atoms with van der Waals surface area (Å²) < 4.78 is 0. The number of rotatable bonds is 5. The Labute approximate surface area is 137 Å². The lowest BCUT2D eigenvalue weighted by atomic mass is 9.87. The third kappa shape index (κ3) is 3.54. The minimum atomic E-state index is -0.428. The van der Waals surface area contributed by atoms with Crippen LogP contribution in [0.5, 0.6) is 0 Å². The minimum Gasteiger partial charge on any atom is -0.369 e. The van der Waals surface area contributed by atoms with E-state index in [0.717, 1.165) is 18.3 Å². The van der Waals surface area contributed by atoms with Gasteiger partial charge in [-0.3, -0.25) is 4.79 Å². The number of nitrogens with zero attached hydrogens (tertiary/aromatic N) is 2. The van der Waals surface area contributed by atoms with E-state index in [1.54, 1.807) is 12.4 Å². The number of hydrogen-bond donors (Lipinski definition) is 2. The summed E-state index contributed by atoms with van der Waals surface area (Å²) in [5, 5.41) is 3.36. The predicted molar refractivity (Wildman–Crippen MR) is 92.7 cm³/mol. The van der Waals surface area contributed by atoms with Crippen LogP contribution in [0.3, 0.4) is 0 Å². The fraction of sp³-hybridized carbons (Fsp3) is 0.611. The van der Waals surface area contributed by atoms with Crippen LogP contribution >= 0.6 is 0 Å². The van der Waals surface area contributed by atoms with Crippen molar-refractivity contribution in [2.45, 2.75) is 52.9 Å². The molecule has 0 aliphatic heterocycles. The van der Waals surface area contributed by atoms with Gasteiger partial charge in [-0.15, -0.1) is 0 Å². The normalized spacial score (nSPS) is 16.1. The molecule has 5 nitrogen and oxygen atoms in total. The van der Waals surface area contributed by atoms with Gasteiger partial charge in [-0.25, -0.2) is 9.97 Å². The lowest BCUT2D eigenvalue weighted by Gasteiger charge is -2.15. The van der Waals surface area contributed by atoms with Crippen LogP contribution in [0.1, 0.15) is 63.2 Å². The first-order valence-electron chi connectivity index (χ1n) is 8.58. The number of H-pyrrole nitrogens is 1. The number of nitrogens with one attached hydrogen (secondary N) is 2. The van der Waals surface area contributed by atoms with E-state index in [-0.39, 0.29) is 5.78 Å². The summed E-state index contributed by atoms with van der Waals surface area (Å²) in [4.78, 5) is 24.6. The topological polar surface area (TPSA) is 70.7 Å². The maximum absolute atomic E-state index is 12.5. The third-order valence-electron chi connectivity index (χ3n) is 4.64. The molecule has 0 unspecified atom stereocenters. The summed E-state index contributed by atoms with van der Waals surface area (Å²) in [6.07, 6.45) is 10.1. The fourth-order valence-corrected chi connectivity index (χ4v) is 3.26. The van der Waals surface area contributed by atoms with Gasteiger partial charge in [-0.05, 0) is 12.3 Å². The Hall–Kier alpha value is -1.91. The van der Waals surface area contributed by atoms with Crippen LogP contribution in [0.2, 0.25) is 0 Å². The molecule has 23 heavy (non-hydrogen) atoms. The molecule has 0 amide bonds. The second-order valence-electron chi connectivity index (χ2n) is 7.60. The number of aromatic amines is 1. The van der Waals surface area contributed by atoms with Crippen molar-refractivity contribution in [3.8, 4) is 0 Å². The maximum Gasteiger partial charge on any atom is 0.171 e. The Morgan fingerprint density at radius 1 is 1.35 bits per heavy atom. The maximum atomic E-state index is 12.5. The van der Waals surface area contributed by atoms with Crippen molar-refractivity contribution in [1.82, 2.24) is 15.0 Å². The molecule has 0 aromatic carbocycles. The first kappa shape index (κ1) is 16.0. The highest BCUT2D eigenvalue weighted by Gasteiger charge is 2.26. The predicted octanol–water partition coefficient (Wildman–Crippen LogP) is 4.18. The van der Waals surface area contributed by atoms with E-state index in [1.165, 1.54) is 32.1 Å². The SMILES string of the molecule is CC(C)(C)C(=O)c1c[nH]c2ncc(NCCC3CCCC3)nc12. The molecule has 3 rings (SSSR count). The molecule has 1 fully saturated rings. The van der Waals surface area contributed by atoms with E-state index in [9.17, 15) is 4.79 Å². The van der Waals surface area contributed by atoms with Gasteiger partial charge in [0.15, 0.2) is 11.4 Å². The number of anilines is 1. The van der Waals surface area contributed by atoms with E-state index in [2.05, 4.69) is 20.3 Å². The molecule has 1 aliphatic carbocycles. The molecule has 0 spiro atoms. The summed E-state index contributed by atoms with van der Waals surface area (Å²) in [7, 11) is 0. The van der Waals surface area contributed by atoms with Crippen LogP contribution in [0.25, 0.3) is 11.2 Å². The molecular formula is C18H26N4O. The van der Waals surface area contributed by atoms with Gasteiger partial charge in [-0.1, -0.05) is 46.5 Å². The summed E-state index contributed by atoms with van der Waals surface area (Å²) in [5.74, 6) is 1.68. The zero-order valence-electron chi connectivity index (χ0n) is 14.3. The lowest BCUT2D eigenvalue weighted by Crippen LogP contribution is -2.20. The minimum absolute atomic E-state index is 0.0844. The highest BCUT2D eigenvalue weighted by atomic mass is 16.1. The van der Waals surface area contributed by atoms with Crippen molar-refractivity contribution in [1.29, 1.82) is 0 Å². The van der Waals surface area contributed by atoms with Gasteiger partial charge < -0.3 is 10.3 Å². The van der Waals surface area contributed by atoms with Crippen molar-refractivity contribution in [2.75, 3.05) is 11.9 Å². The molecule has 1 saturated carbocycles. The first-order valence-corrected chi connectivity index (χ1v) is 8.58. The van der Waals surface area contributed by atoms with Crippen molar-refractivity contribution in [3.63, 3.8) is 0 Å². The van der Waals surface area contributed by atoms with E-state index in [0.29, 0.717) is 16.7 Å². The van der Waals surface area contributed by atoms with Crippen molar-refractivity contribution in [3.05, 3.63) is 18.0 Å². The molecule has 2 aromatic heterocycles. The molecule has 5 heteroatoms. The Bertz CT molecular complexity index is 693. The molecule has 2 N–H and O–H groups in total. The van der Waals surface area contributed by atoms with Gasteiger partial charge >= 0.3 is 0 Å². The number of hydrogen-bond acceptors (Lipinski definition) is 4. The Morgan fingerprint density at radius 3 is 2.78 bits per heavy atom. The largest absolute Gasteiger partial charge is 0.369 e. The quantitative estimate of drug-likeness (QED) is 0.812. The standard InChI is InChI=1S/C18H26N4O/c1-18(2,3)16(23)13-10-20-17-15(13)22-14(11-21-17)19-9-8-12-6-4-5-7-12/h10-12H,4-9H2,1-3H3,(H,19,22)(H,20,21). The monoisotopic (exact) mass is 314 g/mol. The summed E-state index contributed by atoms with van der Waals surface area (Å²) in [6, 6.07) is 0. The van der Waals surface area contributed by atoms with Crippen LogP contribution in [0.4, 0.5) is 5.82 Å². The number of carbonyl (C=O) groups excluding carboxylic acids is 1. The van der Waals surface area contributed by atoms with E-state index >= 15 is 0 Å². The average Bonchev–Trinajstić information content (AvgIpc) is 3.14. The Kier molecular flexibility index (Phi) is 4.37. The fourth-order valence-electron chi connectivity index (χ4n) is 3.26. The zero-order chi connectivity index (χ0) is 16.4. The molecule has 0 saturated heterocycles. The van der Waals surface area contributed by atoms with Crippen LogP contribution < -0.4 is 5.32 Å². The van der Waals surface area contributed by atoms with Crippen LogP contribution in [0.15, 0.2) is 12.4 Å². The number of Topliss-reactive ketones (excluding diaryl/α,β-unsaturated/α-hetero) is 1. The van der Waals surface area contributed by atoms with Crippen molar-refractivity contribution < 1.29 is 4.79 Å². The highest BCUT2D eigenvalue weighted by molar-refractivity contribution is 6.08. The van der Waals surface area contributed by atoms with Gasteiger partial charge in [0.25, 0.3) is 0 Å². The molecule has 124 valence electrons. The van der Waals surface area contributed by atoms with Crippen LogP contribution in [0, 0.1) is 11.3 Å². The molecule has 2 aromatic rings. The molecule has 0 radical (unpaired) electrons. The van der Waals surface area contributed by atoms with Crippen molar-refractivity contribution >= 4 is 22.8 Å². The highest BCUT2D eigenvalue weighted by Crippen LogP contribution is 2.28. The number of aromatic nitrogens is 3. The number of carbonyl (C=O) groups is 1. The average molecular weight is 314 g/mol. The van der Waals surface area contributed by atoms with Crippen LogP contribution in [-0.4, -0.2) is 27.3 Å². The van der Waals surface area contributed by atoms with Gasteiger partial charge in [0.2, 0.25) is 0 Å². The summed E-state index contributed by atoms with van der Waals surface area (Å²) in [5.41, 5.74) is 1.53. The van der Waals surface area contributed by atoms with E-state index in [4.69, 9.17) is 0 Å². The zero-order valence-corrected chi connectivity index (χ0v) is 14.3. The smallest absolute Gasteiger partial charge is 0.171 e. The second kappa shape index (κ2) is 6.30. The molecule has 0 bridgehead atoms. The van der Waals surface area contributed by atoms with Gasteiger partial charge in [0.1, 0.15) is 11.3 Å². The first-order chi connectivity index (χ1) is 10.9. The molecular weight excluding hydrogens is 288 g/mol.